The van der Waals surface area contributed by atoms with E-state index in [0.29, 0.717) is 31.5 Å². The molecule has 0 radical (unpaired) electrons. The van der Waals surface area contributed by atoms with Gasteiger partial charge in [-0.25, -0.2) is 0 Å². The number of benzene rings is 1. The van der Waals surface area contributed by atoms with Crippen LogP contribution in [0, 0.1) is 5.92 Å². The van der Waals surface area contributed by atoms with Crippen LogP contribution in [0.4, 0.5) is 5.69 Å². The lowest BCUT2D eigenvalue weighted by molar-refractivity contribution is -0.142. The molecule has 7 heteroatoms. The molecule has 126 valence electrons. The summed E-state index contributed by atoms with van der Waals surface area (Å²) in [5, 5.41) is 14.1. The number of carboxylic acid groups (broad SMARTS) is 1. The van der Waals surface area contributed by atoms with Gasteiger partial charge in [0.1, 0.15) is 0 Å². The van der Waals surface area contributed by atoms with Gasteiger partial charge in [-0.2, -0.15) is 0 Å². The second kappa shape index (κ2) is 10.3. The minimum Gasteiger partial charge on any atom is -0.481 e. The molecule has 0 bridgehead atoms. The summed E-state index contributed by atoms with van der Waals surface area (Å²) in [5.74, 6) is -1.99. The first-order valence-electron chi connectivity index (χ1n) is 7.57. The second-order valence-corrected chi connectivity index (χ2v) is 5.20. The van der Waals surface area contributed by atoms with Crippen molar-refractivity contribution in [3.63, 3.8) is 0 Å². The number of carboxylic acids is 1. The first kappa shape index (κ1) is 18.6. The summed E-state index contributed by atoms with van der Waals surface area (Å²) >= 11 is 0. The van der Waals surface area contributed by atoms with Crippen molar-refractivity contribution in [2.75, 3.05) is 18.4 Å². The summed E-state index contributed by atoms with van der Waals surface area (Å²) in [6, 6.07) is 8.95. The number of anilines is 1. The minimum atomic E-state index is -0.891. The van der Waals surface area contributed by atoms with E-state index in [4.69, 9.17) is 10.8 Å². The zero-order valence-corrected chi connectivity index (χ0v) is 13.0. The molecule has 0 spiro atoms. The van der Waals surface area contributed by atoms with Crippen LogP contribution in [0.3, 0.4) is 0 Å². The van der Waals surface area contributed by atoms with Crippen LogP contribution >= 0.6 is 0 Å². The maximum Gasteiger partial charge on any atom is 0.306 e. The summed E-state index contributed by atoms with van der Waals surface area (Å²) < 4.78 is 0. The molecule has 0 aromatic heterocycles. The van der Waals surface area contributed by atoms with Gasteiger partial charge in [0.05, 0.1) is 12.5 Å². The lowest BCUT2D eigenvalue weighted by atomic mass is 9.98. The van der Waals surface area contributed by atoms with Crippen molar-refractivity contribution in [1.29, 1.82) is 0 Å². The normalized spacial score (nSPS) is 11.5. The highest BCUT2D eigenvalue weighted by atomic mass is 16.4. The highest BCUT2D eigenvalue weighted by Gasteiger charge is 2.16. The molecular formula is C16H23N3O4. The molecule has 1 aromatic rings. The first-order valence-corrected chi connectivity index (χ1v) is 7.57. The third-order valence-corrected chi connectivity index (χ3v) is 3.32. The van der Waals surface area contributed by atoms with Gasteiger partial charge >= 0.3 is 5.97 Å². The van der Waals surface area contributed by atoms with Crippen molar-refractivity contribution in [3.05, 3.63) is 30.3 Å². The van der Waals surface area contributed by atoms with Gasteiger partial charge < -0.3 is 21.5 Å². The topological polar surface area (TPSA) is 122 Å². The van der Waals surface area contributed by atoms with E-state index < -0.39 is 11.9 Å². The largest absolute Gasteiger partial charge is 0.481 e. The van der Waals surface area contributed by atoms with E-state index >= 15 is 0 Å². The van der Waals surface area contributed by atoms with Gasteiger partial charge in [0.25, 0.3) is 0 Å². The summed E-state index contributed by atoms with van der Waals surface area (Å²) in [5.41, 5.74) is 6.02. The van der Waals surface area contributed by atoms with Crippen molar-refractivity contribution < 1.29 is 19.5 Å². The number of carbonyl (C=O) groups is 3. The van der Waals surface area contributed by atoms with Crippen LogP contribution in [0.2, 0.25) is 0 Å². The quantitative estimate of drug-likeness (QED) is 0.511. The predicted octanol–water partition coefficient (Wildman–Crippen LogP) is 0.961. The Balaban J connectivity index is 2.21. The molecule has 0 aliphatic heterocycles. The van der Waals surface area contributed by atoms with Crippen LogP contribution in [-0.2, 0) is 14.4 Å². The van der Waals surface area contributed by atoms with Crippen molar-refractivity contribution in [3.8, 4) is 0 Å². The Kier molecular flexibility index (Phi) is 8.38. The molecule has 0 saturated carbocycles. The van der Waals surface area contributed by atoms with Crippen LogP contribution in [0.25, 0.3) is 0 Å². The van der Waals surface area contributed by atoms with Crippen molar-refractivity contribution in [2.45, 2.75) is 25.7 Å². The van der Waals surface area contributed by atoms with E-state index in [2.05, 4.69) is 10.6 Å². The van der Waals surface area contributed by atoms with Crippen LogP contribution in [0.1, 0.15) is 25.7 Å². The van der Waals surface area contributed by atoms with E-state index in [-0.39, 0.29) is 24.8 Å². The summed E-state index contributed by atoms with van der Waals surface area (Å²) in [4.78, 5) is 34.2. The third kappa shape index (κ3) is 7.96. The molecule has 1 rings (SSSR count). The van der Waals surface area contributed by atoms with E-state index in [0.717, 1.165) is 0 Å². The van der Waals surface area contributed by atoms with Crippen molar-refractivity contribution in [2.24, 2.45) is 11.7 Å². The fraction of sp³-hybridized carbons (Fsp3) is 0.438. The number of aliphatic carboxylic acids is 1. The maximum atomic E-state index is 11.7. The smallest absolute Gasteiger partial charge is 0.306 e. The highest BCUT2D eigenvalue weighted by Crippen LogP contribution is 2.12. The number of rotatable bonds is 10. The number of amides is 2. The van der Waals surface area contributed by atoms with Gasteiger partial charge in [0, 0.05) is 12.1 Å². The molecule has 7 nitrogen and oxygen atoms in total. The van der Waals surface area contributed by atoms with Gasteiger partial charge in [-0.15, -0.1) is 0 Å². The average Bonchev–Trinajstić information content (AvgIpc) is 2.53. The molecule has 0 unspecified atom stereocenters. The SMILES string of the molecule is NCC[C@@H](CCCC(=O)NCC(=O)Nc1ccccc1)C(=O)O. The molecule has 0 aliphatic carbocycles. The van der Waals surface area contributed by atoms with Gasteiger partial charge in [0.2, 0.25) is 11.8 Å². The third-order valence-electron chi connectivity index (χ3n) is 3.32. The monoisotopic (exact) mass is 321 g/mol. The summed E-state index contributed by atoms with van der Waals surface area (Å²) in [6.07, 6.45) is 1.43. The first-order chi connectivity index (χ1) is 11.0. The van der Waals surface area contributed by atoms with E-state index in [9.17, 15) is 14.4 Å². The summed E-state index contributed by atoms with van der Waals surface area (Å²) in [6.45, 7) is 0.196. The molecule has 0 heterocycles. The lowest BCUT2D eigenvalue weighted by Gasteiger charge is -2.10. The number of hydrogen-bond donors (Lipinski definition) is 4. The standard InChI is InChI=1S/C16H23N3O4/c17-10-9-12(16(22)23)5-4-8-14(20)18-11-15(21)19-13-6-2-1-3-7-13/h1-3,6-7,12H,4-5,8-11,17H2,(H,18,20)(H,19,21)(H,22,23)/t12-/m1/s1. The zero-order valence-electron chi connectivity index (χ0n) is 13.0. The molecule has 2 amide bonds. The Labute approximate surface area is 135 Å². The van der Waals surface area contributed by atoms with Crippen LogP contribution in [-0.4, -0.2) is 36.0 Å². The number of hydrogen-bond acceptors (Lipinski definition) is 4. The maximum absolute atomic E-state index is 11.7. The molecule has 1 atom stereocenters. The van der Waals surface area contributed by atoms with Crippen LogP contribution in [0.5, 0.6) is 0 Å². The highest BCUT2D eigenvalue weighted by molar-refractivity contribution is 5.94. The molecule has 0 saturated heterocycles. The van der Waals surface area contributed by atoms with E-state index in [1.165, 1.54) is 0 Å². The Morgan fingerprint density at radius 1 is 1.09 bits per heavy atom. The molecule has 0 aliphatic rings. The van der Waals surface area contributed by atoms with E-state index in [1.807, 2.05) is 6.07 Å². The summed E-state index contributed by atoms with van der Waals surface area (Å²) in [7, 11) is 0. The number of nitrogens with two attached hydrogens (primary N) is 1. The van der Waals surface area contributed by atoms with Crippen molar-refractivity contribution >= 4 is 23.5 Å². The second-order valence-electron chi connectivity index (χ2n) is 5.20. The molecule has 5 N–H and O–H groups in total. The Morgan fingerprint density at radius 2 is 1.78 bits per heavy atom. The molecular weight excluding hydrogens is 298 g/mol. The van der Waals surface area contributed by atoms with Crippen molar-refractivity contribution in [1.82, 2.24) is 5.32 Å². The molecule has 0 fully saturated rings. The predicted molar refractivity (Wildman–Crippen MR) is 86.7 cm³/mol. The van der Waals surface area contributed by atoms with Crippen LogP contribution in [0.15, 0.2) is 30.3 Å². The fourth-order valence-corrected chi connectivity index (χ4v) is 2.10. The van der Waals surface area contributed by atoms with Gasteiger partial charge in [-0.05, 0) is 37.9 Å². The zero-order chi connectivity index (χ0) is 17.1. The van der Waals surface area contributed by atoms with Gasteiger partial charge in [-0.3, -0.25) is 14.4 Å². The Hall–Kier alpha value is -2.41. The van der Waals surface area contributed by atoms with Gasteiger partial charge in [0.15, 0.2) is 0 Å². The van der Waals surface area contributed by atoms with Gasteiger partial charge in [-0.1, -0.05) is 18.2 Å². The fourth-order valence-electron chi connectivity index (χ4n) is 2.10. The minimum absolute atomic E-state index is 0.112. The number of para-hydroxylation sites is 1. The Bertz CT molecular complexity index is 519. The Morgan fingerprint density at radius 3 is 2.39 bits per heavy atom. The lowest BCUT2D eigenvalue weighted by Crippen LogP contribution is -2.32. The molecule has 23 heavy (non-hydrogen) atoms. The van der Waals surface area contributed by atoms with E-state index in [1.54, 1.807) is 24.3 Å². The average molecular weight is 321 g/mol. The number of nitrogens with one attached hydrogen (secondary N) is 2. The number of carbonyl (C=O) groups excluding carboxylic acids is 2. The van der Waals surface area contributed by atoms with Crippen LogP contribution < -0.4 is 16.4 Å². The molecule has 1 aromatic carbocycles.